The molecule has 0 aliphatic carbocycles. The highest BCUT2D eigenvalue weighted by Gasteiger charge is 2.15. The Labute approximate surface area is 165 Å². The van der Waals surface area contributed by atoms with E-state index in [9.17, 15) is 9.59 Å². The van der Waals surface area contributed by atoms with E-state index in [-0.39, 0.29) is 17.7 Å². The van der Waals surface area contributed by atoms with Crippen LogP contribution in [0.5, 0.6) is 5.75 Å². The lowest BCUT2D eigenvalue weighted by molar-refractivity contribution is -0.127. The predicted molar refractivity (Wildman–Crippen MR) is 108 cm³/mol. The van der Waals surface area contributed by atoms with Crippen LogP contribution in [0.25, 0.3) is 0 Å². The minimum atomic E-state index is -0.639. The van der Waals surface area contributed by atoms with Gasteiger partial charge in [0.2, 0.25) is 5.91 Å². The van der Waals surface area contributed by atoms with Gasteiger partial charge in [-0.2, -0.15) is 0 Å². The van der Waals surface area contributed by atoms with Gasteiger partial charge in [0.1, 0.15) is 5.75 Å². The predicted octanol–water partition coefficient (Wildman–Crippen LogP) is 4.41. The standard InChI is InChI=1S/C21H25ClN2O3/c1-4-14(2)20(25)24-18-7-5-6-16(12-18)13-23-21(26)15(3)27-19-10-8-17(22)9-11-19/h5-12,14-15H,4,13H2,1-3H3,(H,23,26)(H,24,25). The maximum Gasteiger partial charge on any atom is 0.261 e. The quantitative estimate of drug-likeness (QED) is 0.703. The Morgan fingerprint density at radius 1 is 1.07 bits per heavy atom. The van der Waals surface area contributed by atoms with Crippen molar-refractivity contribution < 1.29 is 14.3 Å². The molecule has 0 radical (unpaired) electrons. The molecule has 2 amide bonds. The third-order valence-electron chi connectivity index (χ3n) is 4.22. The molecule has 0 spiro atoms. The zero-order valence-electron chi connectivity index (χ0n) is 15.8. The van der Waals surface area contributed by atoms with Crippen LogP contribution in [0, 0.1) is 5.92 Å². The van der Waals surface area contributed by atoms with E-state index in [0.29, 0.717) is 17.3 Å². The van der Waals surface area contributed by atoms with Crippen LogP contribution in [0.15, 0.2) is 48.5 Å². The smallest absolute Gasteiger partial charge is 0.261 e. The lowest BCUT2D eigenvalue weighted by Crippen LogP contribution is -2.35. The van der Waals surface area contributed by atoms with E-state index in [1.807, 2.05) is 38.1 Å². The summed E-state index contributed by atoms with van der Waals surface area (Å²) < 4.78 is 5.61. The third kappa shape index (κ3) is 6.61. The summed E-state index contributed by atoms with van der Waals surface area (Å²) in [5, 5.41) is 6.35. The zero-order valence-corrected chi connectivity index (χ0v) is 16.5. The second kappa shape index (κ2) is 9.97. The SMILES string of the molecule is CCC(C)C(=O)Nc1cccc(CNC(=O)C(C)Oc2ccc(Cl)cc2)c1. The Morgan fingerprint density at radius 3 is 2.44 bits per heavy atom. The fourth-order valence-electron chi connectivity index (χ4n) is 2.31. The minimum absolute atomic E-state index is 0.0105. The summed E-state index contributed by atoms with van der Waals surface area (Å²) in [6.07, 6.45) is 0.145. The van der Waals surface area contributed by atoms with Crippen LogP contribution in [-0.2, 0) is 16.1 Å². The van der Waals surface area contributed by atoms with E-state index in [0.717, 1.165) is 17.7 Å². The Balaban J connectivity index is 1.88. The average Bonchev–Trinajstić information content (AvgIpc) is 2.67. The molecule has 2 atom stereocenters. The molecule has 2 aromatic rings. The van der Waals surface area contributed by atoms with Gasteiger partial charge in [-0.25, -0.2) is 0 Å². The van der Waals surface area contributed by atoms with Crippen molar-refractivity contribution >= 4 is 29.1 Å². The van der Waals surface area contributed by atoms with Crippen molar-refractivity contribution in [1.82, 2.24) is 5.32 Å². The number of ether oxygens (including phenoxy) is 1. The number of amides is 2. The molecule has 0 bridgehead atoms. The molecular weight excluding hydrogens is 364 g/mol. The number of nitrogens with one attached hydrogen (secondary N) is 2. The van der Waals surface area contributed by atoms with Gasteiger partial charge in [0.15, 0.2) is 6.10 Å². The topological polar surface area (TPSA) is 67.4 Å². The molecule has 5 nitrogen and oxygen atoms in total. The number of hydrogen-bond acceptors (Lipinski definition) is 3. The fourth-order valence-corrected chi connectivity index (χ4v) is 2.44. The van der Waals surface area contributed by atoms with Crippen molar-refractivity contribution in [2.45, 2.75) is 39.8 Å². The minimum Gasteiger partial charge on any atom is -0.481 e. The fraction of sp³-hybridized carbons (Fsp3) is 0.333. The molecule has 0 fully saturated rings. The van der Waals surface area contributed by atoms with E-state index < -0.39 is 6.10 Å². The van der Waals surface area contributed by atoms with Crippen molar-refractivity contribution in [3.05, 3.63) is 59.1 Å². The molecule has 0 aromatic heterocycles. The van der Waals surface area contributed by atoms with Crippen LogP contribution in [-0.4, -0.2) is 17.9 Å². The van der Waals surface area contributed by atoms with E-state index >= 15 is 0 Å². The molecule has 27 heavy (non-hydrogen) atoms. The summed E-state index contributed by atoms with van der Waals surface area (Å²) in [5.74, 6) is 0.304. The Kier molecular flexibility index (Phi) is 7.67. The lowest BCUT2D eigenvalue weighted by Gasteiger charge is -2.15. The van der Waals surface area contributed by atoms with Gasteiger partial charge in [-0.05, 0) is 55.3 Å². The molecule has 0 saturated carbocycles. The van der Waals surface area contributed by atoms with Gasteiger partial charge in [0.25, 0.3) is 5.91 Å². The van der Waals surface area contributed by atoms with Crippen LogP contribution in [0.3, 0.4) is 0 Å². The normalized spacial score (nSPS) is 12.7. The summed E-state index contributed by atoms with van der Waals surface area (Å²) in [5.41, 5.74) is 1.61. The van der Waals surface area contributed by atoms with Gasteiger partial charge < -0.3 is 15.4 Å². The van der Waals surface area contributed by atoms with Crippen LogP contribution >= 0.6 is 11.6 Å². The largest absolute Gasteiger partial charge is 0.481 e. The Morgan fingerprint density at radius 2 is 1.78 bits per heavy atom. The summed E-state index contributed by atoms with van der Waals surface area (Å²) in [7, 11) is 0. The summed E-state index contributed by atoms with van der Waals surface area (Å²) in [6.45, 7) is 5.90. The zero-order chi connectivity index (χ0) is 19.8. The third-order valence-corrected chi connectivity index (χ3v) is 4.47. The number of hydrogen-bond donors (Lipinski definition) is 2. The number of rotatable bonds is 8. The van der Waals surface area contributed by atoms with Gasteiger partial charge in [-0.3, -0.25) is 9.59 Å². The molecular formula is C21H25ClN2O3. The van der Waals surface area contributed by atoms with E-state index in [1.165, 1.54) is 0 Å². The van der Waals surface area contributed by atoms with Crippen molar-refractivity contribution in [2.24, 2.45) is 5.92 Å². The van der Waals surface area contributed by atoms with Gasteiger partial charge >= 0.3 is 0 Å². The number of halogens is 1. The Hall–Kier alpha value is -2.53. The summed E-state index contributed by atoms with van der Waals surface area (Å²) >= 11 is 5.84. The second-order valence-corrected chi connectivity index (χ2v) is 6.87. The molecule has 0 saturated heterocycles. The number of carbonyl (C=O) groups is 2. The molecule has 6 heteroatoms. The first-order valence-corrected chi connectivity index (χ1v) is 9.36. The first kappa shape index (κ1) is 20.8. The maximum atomic E-state index is 12.2. The first-order valence-electron chi connectivity index (χ1n) is 8.98. The van der Waals surface area contributed by atoms with Crippen LogP contribution in [0.1, 0.15) is 32.8 Å². The molecule has 0 aliphatic rings. The number of anilines is 1. The maximum absolute atomic E-state index is 12.2. The lowest BCUT2D eigenvalue weighted by atomic mass is 10.1. The highest BCUT2D eigenvalue weighted by molar-refractivity contribution is 6.30. The molecule has 2 rings (SSSR count). The first-order chi connectivity index (χ1) is 12.9. The molecule has 2 unspecified atom stereocenters. The van der Waals surface area contributed by atoms with Crippen LogP contribution in [0.4, 0.5) is 5.69 Å². The number of carbonyl (C=O) groups excluding carboxylic acids is 2. The van der Waals surface area contributed by atoms with Crippen molar-refractivity contribution in [3.8, 4) is 5.75 Å². The molecule has 2 aromatic carbocycles. The monoisotopic (exact) mass is 388 g/mol. The van der Waals surface area contributed by atoms with Crippen molar-refractivity contribution in [3.63, 3.8) is 0 Å². The highest BCUT2D eigenvalue weighted by Crippen LogP contribution is 2.17. The van der Waals surface area contributed by atoms with Gasteiger partial charge in [0.05, 0.1) is 0 Å². The van der Waals surface area contributed by atoms with Crippen molar-refractivity contribution in [1.29, 1.82) is 0 Å². The van der Waals surface area contributed by atoms with E-state index in [2.05, 4.69) is 10.6 Å². The highest BCUT2D eigenvalue weighted by atomic mass is 35.5. The summed E-state index contributed by atoms with van der Waals surface area (Å²) in [6, 6.07) is 14.3. The van der Waals surface area contributed by atoms with Gasteiger partial charge in [-0.15, -0.1) is 0 Å². The average molecular weight is 389 g/mol. The molecule has 2 N–H and O–H groups in total. The van der Waals surface area contributed by atoms with Crippen LogP contribution in [0.2, 0.25) is 5.02 Å². The number of benzene rings is 2. The van der Waals surface area contributed by atoms with Gasteiger partial charge in [-0.1, -0.05) is 37.6 Å². The molecule has 0 heterocycles. The molecule has 144 valence electrons. The van der Waals surface area contributed by atoms with Crippen molar-refractivity contribution in [2.75, 3.05) is 5.32 Å². The van der Waals surface area contributed by atoms with Gasteiger partial charge in [0, 0.05) is 23.2 Å². The molecule has 0 aliphatic heterocycles. The van der Waals surface area contributed by atoms with Crippen LogP contribution < -0.4 is 15.4 Å². The van der Waals surface area contributed by atoms with E-state index in [1.54, 1.807) is 31.2 Å². The van der Waals surface area contributed by atoms with E-state index in [4.69, 9.17) is 16.3 Å². The Bertz CT molecular complexity index is 777. The second-order valence-electron chi connectivity index (χ2n) is 6.43. The summed E-state index contributed by atoms with van der Waals surface area (Å²) in [4.78, 5) is 24.2.